The van der Waals surface area contributed by atoms with Gasteiger partial charge in [0.1, 0.15) is 5.69 Å². The summed E-state index contributed by atoms with van der Waals surface area (Å²) in [5.74, 6) is 0.300. The first-order valence-electron chi connectivity index (χ1n) is 6.86. The number of rotatable bonds is 7. The van der Waals surface area contributed by atoms with Gasteiger partial charge >= 0.3 is 5.69 Å². The summed E-state index contributed by atoms with van der Waals surface area (Å²) in [6, 6.07) is 7.18. The molecule has 0 aliphatic carbocycles. The maximum Gasteiger partial charge on any atom is 0.333 e. The average Bonchev–Trinajstić information content (AvgIpc) is 2.92. The van der Waals surface area contributed by atoms with Crippen LogP contribution in [-0.2, 0) is 13.0 Å². The van der Waals surface area contributed by atoms with Crippen molar-refractivity contribution in [3.05, 3.63) is 50.2 Å². The highest BCUT2D eigenvalue weighted by atomic mass is 32.1. The normalized spacial score (nSPS) is 10.4. The van der Waals surface area contributed by atoms with Crippen LogP contribution in [0.15, 0.2) is 29.6 Å². The van der Waals surface area contributed by atoms with Crippen LogP contribution in [0.2, 0.25) is 0 Å². The zero-order chi connectivity index (χ0) is 15.2. The molecule has 2 rings (SSSR count). The smallest absolute Gasteiger partial charge is 0.333 e. The average molecular weight is 306 g/mol. The lowest BCUT2D eigenvalue weighted by molar-refractivity contribution is -0.384. The van der Waals surface area contributed by atoms with Gasteiger partial charge in [-0.1, -0.05) is 13.0 Å². The summed E-state index contributed by atoms with van der Waals surface area (Å²) in [5, 5.41) is 16.5. The minimum Gasteiger partial charge on any atom is -0.487 e. The second-order valence-corrected chi connectivity index (χ2v) is 5.42. The van der Waals surface area contributed by atoms with E-state index in [1.807, 2.05) is 12.3 Å². The Morgan fingerprint density at radius 3 is 2.81 bits per heavy atom. The fourth-order valence-electron chi connectivity index (χ4n) is 2.14. The molecule has 0 atom stereocenters. The lowest BCUT2D eigenvalue weighted by atomic mass is 10.2. The first-order valence-corrected chi connectivity index (χ1v) is 7.74. The van der Waals surface area contributed by atoms with Crippen LogP contribution < -0.4 is 10.1 Å². The molecule has 6 heteroatoms. The molecule has 0 amide bonds. The van der Waals surface area contributed by atoms with E-state index >= 15 is 0 Å². The molecule has 5 nitrogen and oxygen atoms in total. The molecule has 2 aromatic rings. The maximum atomic E-state index is 11.3. The van der Waals surface area contributed by atoms with Crippen molar-refractivity contribution in [2.45, 2.75) is 26.8 Å². The number of para-hydroxylation sites is 1. The Balaban J connectivity index is 2.23. The van der Waals surface area contributed by atoms with E-state index in [0.29, 0.717) is 24.6 Å². The van der Waals surface area contributed by atoms with E-state index in [2.05, 4.69) is 18.3 Å². The number of benzene rings is 1. The lowest BCUT2D eigenvalue weighted by Crippen LogP contribution is -2.05. The molecule has 0 radical (unpaired) electrons. The molecule has 1 aromatic heterocycles. The molecule has 0 aliphatic rings. The van der Waals surface area contributed by atoms with Crippen molar-refractivity contribution < 1.29 is 9.66 Å². The third-order valence-corrected chi connectivity index (χ3v) is 4.10. The molecule has 0 bridgehead atoms. The van der Waals surface area contributed by atoms with Crippen molar-refractivity contribution >= 4 is 22.7 Å². The number of nitrogens with one attached hydrogen (secondary N) is 1. The molecule has 1 N–H and O–H groups in total. The Hall–Kier alpha value is -2.08. The molecular weight excluding hydrogens is 288 g/mol. The van der Waals surface area contributed by atoms with Crippen LogP contribution in [0, 0.1) is 10.1 Å². The maximum absolute atomic E-state index is 11.3. The van der Waals surface area contributed by atoms with Crippen LogP contribution >= 0.6 is 11.3 Å². The summed E-state index contributed by atoms with van der Waals surface area (Å²) in [6.07, 6.45) is 0.960. The monoisotopic (exact) mass is 306 g/mol. The molecule has 1 heterocycles. The molecular formula is C15H18N2O3S. The molecule has 112 valence electrons. The Labute approximate surface area is 127 Å². The molecule has 0 unspecified atom stereocenters. The first-order chi connectivity index (χ1) is 10.2. The van der Waals surface area contributed by atoms with E-state index < -0.39 is 4.92 Å². The van der Waals surface area contributed by atoms with Gasteiger partial charge in [-0.25, -0.2) is 0 Å². The molecule has 0 saturated carbocycles. The van der Waals surface area contributed by atoms with Gasteiger partial charge < -0.3 is 10.1 Å². The van der Waals surface area contributed by atoms with Gasteiger partial charge in [0.05, 0.1) is 11.5 Å². The molecule has 0 fully saturated rings. The van der Waals surface area contributed by atoms with Crippen LogP contribution in [-0.4, -0.2) is 11.5 Å². The third-order valence-electron chi connectivity index (χ3n) is 3.14. The van der Waals surface area contributed by atoms with Gasteiger partial charge in [-0.15, -0.1) is 11.3 Å². The fraction of sp³-hybridized carbons (Fsp3) is 0.333. The van der Waals surface area contributed by atoms with Crippen LogP contribution in [0.4, 0.5) is 11.4 Å². The van der Waals surface area contributed by atoms with Gasteiger partial charge in [-0.2, -0.15) is 0 Å². The number of nitro groups is 1. The van der Waals surface area contributed by atoms with Gasteiger partial charge in [0.15, 0.2) is 5.75 Å². The number of nitrogens with zero attached hydrogens (tertiary/aromatic N) is 1. The lowest BCUT2D eigenvalue weighted by Gasteiger charge is -2.10. The van der Waals surface area contributed by atoms with Crippen molar-refractivity contribution in [2.24, 2.45) is 0 Å². The van der Waals surface area contributed by atoms with Gasteiger partial charge in [0, 0.05) is 11.4 Å². The number of thiophene rings is 1. The van der Waals surface area contributed by atoms with Crippen LogP contribution in [0.3, 0.4) is 0 Å². The second kappa shape index (κ2) is 7.08. The Morgan fingerprint density at radius 2 is 2.14 bits per heavy atom. The summed E-state index contributed by atoms with van der Waals surface area (Å²) >= 11 is 1.66. The highest BCUT2D eigenvalue weighted by Gasteiger charge is 2.20. The third kappa shape index (κ3) is 3.52. The van der Waals surface area contributed by atoms with Crippen molar-refractivity contribution in [2.75, 3.05) is 11.9 Å². The summed E-state index contributed by atoms with van der Waals surface area (Å²) < 4.78 is 5.34. The summed E-state index contributed by atoms with van der Waals surface area (Å²) in [4.78, 5) is 12.1. The first kappa shape index (κ1) is 15.3. The summed E-state index contributed by atoms with van der Waals surface area (Å²) in [5.41, 5.74) is 1.76. The standard InChI is InChI=1S/C15H18N2O3S/c1-3-11-8-9-21-14(11)10-16-12-6-5-7-13(20-4-2)15(12)17(18)19/h5-9,16H,3-4,10H2,1-2H3. The zero-order valence-electron chi connectivity index (χ0n) is 12.1. The number of nitro benzene ring substituents is 1. The molecule has 21 heavy (non-hydrogen) atoms. The summed E-state index contributed by atoms with van der Waals surface area (Å²) in [6.45, 7) is 4.89. The van der Waals surface area contributed by atoms with Crippen LogP contribution in [0.5, 0.6) is 5.75 Å². The topological polar surface area (TPSA) is 64.4 Å². The van der Waals surface area contributed by atoms with Crippen molar-refractivity contribution in [3.63, 3.8) is 0 Å². The van der Waals surface area contributed by atoms with E-state index in [-0.39, 0.29) is 5.69 Å². The molecule has 0 saturated heterocycles. The van der Waals surface area contributed by atoms with Gasteiger partial charge in [-0.3, -0.25) is 10.1 Å². The Morgan fingerprint density at radius 1 is 1.33 bits per heavy atom. The number of ether oxygens (including phenoxy) is 1. The minimum absolute atomic E-state index is 0.00560. The number of aryl methyl sites for hydroxylation is 1. The SMILES string of the molecule is CCOc1cccc(NCc2sccc2CC)c1[N+](=O)[O-]. The zero-order valence-corrected chi connectivity index (χ0v) is 12.9. The molecule has 0 spiro atoms. The highest BCUT2D eigenvalue weighted by Crippen LogP contribution is 2.35. The largest absolute Gasteiger partial charge is 0.487 e. The Bertz CT molecular complexity index is 625. The number of hydrogen-bond donors (Lipinski definition) is 1. The van der Waals surface area contributed by atoms with Crippen LogP contribution in [0.25, 0.3) is 0 Å². The predicted octanol–water partition coefficient (Wildman–Crippen LogP) is 4.23. The number of anilines is 1. The van der Waals surface area contributed by atoms with Gasteiger partial charge in [0.25, 0.3) is 0 Å². The van der Waals surface area contributed by atoms with Crippen molar-refractivity contribution in [1.82, 2.24) is 0 Å². The Kier molecular flexibility index (Phi) is 5.16. The molecule has 1 aromatic carbocycles. The predicted molar refractivity (Wildman–Crippen MR) is 85.3 cm³/mol. The van der Waals surface area contributed by atoms with E-state index in [1.54, 1.807) is 29.5 Å². The van der Waals surface area contributed by atoms with Crippen molar-refractivity contribution in [3.8, 4) is 5.75 Å². The van der Waals surface area contributed by atoms with Crippen molar-refractivity contribution in [1.29, 1.82) is 0 Å². The minimum atomic E-state index is -0.400. The van der Waals surface area contributed by atoms with Gasteiger partial charge in [-0.05, 0) is 42.5 Å². The summed E-state index contributed by atoms with van der Waals surface area (Å²) in [7, 11) is 0. The quantitative estimate of drug-likeness (QED) is 0.614. The van der Waals surface area contributed by atoms with Crippen LogP contribution in [0.1, 0.15) is 24.3 Å². The molecule has 0 aliphatic heterocycles. The van der Waals surface area contributed by atoms with E-state index in [4.69, 9.17) is 4.74 Å². The number of hydrogen-bond acceptors (Lipinski definition) is 5. The van der Waals surface area contributed by atoms with E-state index in [9.17, 15) is 10.1 Å². The van der Waals surface area contributed by atoms with Gasteiger partial charge in [0.2, 0.25) is 0 Å². The fourth-order valence-corrected chi connectivity index (χ4v) is 3.05. The van der Waals surface area contributed by atoms with E-state index in [1.165, 1.54) is 10.4 Å². The second-order valence-electron chi connectivity index (χ2n) is 4.42. The van der Waals surface area contributed by atoms with E-state index in [0.717, 1.165) is 6.42 Å². The highest BCUT2D eigenvalue weighted by molar-refractivity contribution is 7.10.